The molecule has 0 spiro atoms. The summed E-state index contributed by atoms with van der Waals surface area (Å²) < 4.78 is 30.8. The Labute approximate surface area is 492 Å². The fourth-order valence-electron chi connectivity index (χ4n) is 10.8. The third-order valence-corrected chi connectivity index (χ3v) is 17.2. The average molecular weight is 1140 g/mol. The van der Waals surface area contributed by atoms with Crippen LogP contribution in [0.4, 0.5) is 0 Å². The van der Waals surface area contributed by atoms with Crippen molar-refractivity contribution in [1.29, 1.82) is 0 Å². The van der Waals surface area contributed by atoms with Crippen molar-refractivity contribution < 1.29 is 37.3 Å². The number of hydrogen-bond acceptors (Lipinski definition) is 6. The highest BCUT2D eigenvalue weighted by Gasteiger charge is 2.30. The molecule has 0 heterocycles. The molecule has 0 aliphatic rings. The molecule has 0 rings (SSSR count). The number of phosphoric ester groups is 1. The van der Waals surface area contributed by atoms with Crippen molar-refractivity contribution in [2.75, 3.05) is 40.9 Å². The van der Waals surface area contributed by atoms with Crippen molar-refractivity contribution in [2.45, 2.75) is 380 Å². The number of hydrogen-bond donors (Lipinski definition) is 2. The minimum absolute atomic E-state index is 0.0459. The Balaban J connectivity index is 4.95. The lowest BCUT2D eigenvalue weighted by molar-refractivity contribution is -0.870. The van der Waals surface area contributed by atoms with E-state index in [-0.39, 0.29) is 25.1 Å². The van der Waals surface area contributed by atoms with E-state index in [0.717, 1.165) is 57.8 Å². The second kappa shape index (κ2) is 59.9. The summed E-state index contributed by atoms with van der Waals surface area (Å²) in [4.78, 5) is 37.8. The van der Waals surface area contributed by atoms with Gasteiger partial charge in [0.25, 0.3) is 0 Å². The number of quaternary nitrogens is 1. The maximum atomic E-state index is 13.5. The van der Waals surface area contributed by atoms with Gasteiger partial charge in [0, 0.05) is 12.8 Å². The first kappa shape index (κ1) is 77.8. The number of rotatable bonds is 65. The predicted octanol–water partition coefficient (Wildman–Crippen LogP) is 21.9. The third-order valence-electron chi connectivity index (χ3n) is 16.2. The van der Waals surface area contributed by atoms with Crippen LogP contribution >= 0.6 is 7.82 Å². The van der Waals surface area contributed by atoms with E-state index in [1.54, 1.807) is 0 Å². The molecule has 0 aromatic rings. The molecule has 10 heteroatoms. The van der Waals surface area contributed by atoms with Crippen molar-refractivity contribution in [3.8, 4) is 0 Å². The summed E-state index contributed by atoms with van der Waals surface area (Å²) in [5.74, 6) is -0.480. The molecule has 0 aromatic carbocycles. The first-order chi connectivity index (χ1) is 38.4. The van der Waals surface area contributed by atoms with Gasteiger partial charge in [-0.3, -0.25) is 18.6 Å². The van der Waals surface area contributed by atoms with Crippen LogP contribution in [0.25, 0.3) is 0 Å². The van der Waals surface area contributed by atoms with Crippen LogP contribution < -0.4 is 5.32 Å². The minimum atomic E-state index is -4.44. The Bertz CT molecular complexity index is 1360. The van der Waals surface area contributed by atoms with E-state index in [1.165, 1.54) is 276 Å². The fourth-order valence-corrected chi connectivity index (χ4v) is 11.6. The standard InChI is InChI=1S/C69H137N2O7P/c1-7-10-13-16-19-22-25-28-29-30-31-32-33-34-35-36-37-38-39-40-41-44-47-50-53-56-59-62-69(73)78-67(60-57-54-51-48-45-42-26-23-20-17-14-11-8-2)66(65-77-79(74,75)76-64-63-71(4,5)6)70-68(72)61-58-55-52-49-46-43-27-24-21-18-15-12-9-3/h57,60,66-67H,7-56,58-59,61-65H2,1-6H3,(H-,70,72,74,75)/p+1/b60-57-. The molecular weight excluding hydrogens is 1000 g/mol. The van der Waals surface area contributed by atoms with E-state index >= 15 is 0 Å². The van der Waals surface area contributed by atoms with Gasteiger partial charge < -0.3 is 19.4 Å². The van der Waals surface area contributed by atoms with Crippen LogP contribution in [-0.2, 0) is 27.9 Å². The highest BCUT2D eigenvalue weighted by atomic mass is 31.2. The van der Waals surface area contributed by atoms with Crippen LogP contribution in [0.2, 0.25) is 0 Å². The largest absolute Gasteiger partial charge is 0.472 e. The van der Waals surface area contributed by atoms with Gasteiger partial charge in [0.2, 0.25) is 5.91 Å². The zero-order chi connectivity index (χ0) is 57.9. The van der Waals surface area contributed by atoms with Gasteiger partial charge in [-0.1, -0.05) is 335 Å². The number of amides is 1. The first-order valence-corrected chi connectivity index (χ1v) is 36.5. The lowest BCUT2D eigenvalue weighted by Crippen LogP contribution is -2.47. The molecule has 79 heavy (non-hydrogen) atoms. The maximum absolute atomic E-state index is 13.5. The molecule has 9 nitrogen and oxygen atoms in total. The van der Waals surface area contributed by atoms with Gasteiger partial charge in [-0.05, 0) is 31.8 Å². The molecule has 0 aliphatic carbocycles. The monoisotopic (exact) mass is 1140 g/mol. The van der Waals surface area contributed by atoms with E-state index in [4.69, 9.17) is 13.8 Å². The third kappa shape index (κ3) is 61.1. The number of carbonyl (C=O) groups is 2. The van der Waals surface area contributed by atoms with Crippen molar-refractivity contribution >= 4 is 19.7 Å². The van der Waals surface area contributed by atoms with Gasteiger partial charge in [0.1, 0.15) is 19.3 Å². The molecule has 3 atom stereocenters. The second-order valence-corrected chi connectivity index (χ2v) is 26.9. The highest BCUT2D eigenvalue weighted by molar-refractivity contribution is 7.47. The maximum Gasteiger partial charge on any atom is 0.472 e. The SMILES string of the molecule is CCCCCCCCCCCCC/C=C\C(OC(=O)CCCCCCCCCCCCCCCCCCCCCCCCCCCCC)C(COP(=O)(O)OCC[N+](C)(C)C)NC(=O)CCCCCCCCCCCCCCC. The van der Waals surface area contributed by atoms with E-state index in [0.29, 0.717) is 23.9 Å². The van der Waals surface area contributed by atoms with Gasteiger partial charge in [0.05, 0.1) is 33.8 Å². The first-order valence-electron chi connectivity index (χ1n) is 35.0. The molecule has 0 bridgehead atoms. The van der Waals surface area contributed by atoms with Crippen molar-refractivity contribution in [3.63, 3.8) is 0 Å². The van der Waals surface area contributed by atoms with E-state index in [9.17, 15) is 19.0 Å². The Hall–Kier alpha value is -1.25. The quantitative estimate of drug-likeness (QED) is 0.0205. The van der Waals surface area contributed by atoms with E-state index in [1.807, 2.05) is 27.2 Å². The van der Waals surface area contributed by atoms with Crippen LogP contribution in [0.1, 0.15) is 367 Å². The van der Waals surface area contributed by atoms with Crippen molar-refractivity contribution in [2.24, 2.45) is 0 Å². The Morgan fingerprint density at radius 1 is 0.430 bits per heavy atom. The predicted molar refractivity (Wildman–Crippen MR) is 342 cm³/mol. The smallest absolute Gasteiger partial charge is 0.456 e. The molecule has 0 saturated carbocycles. The average Bonchev–Trinajstić information content (AvgIpc) is 3.41. The van der Waals surface area contributed by atoms with Gasteiger partial charge >= 0.3 is 13.8 Å². The number of ether oxygens (including phenoxy) is 1. The van der Waals surface area contributed by atoms with Crippen LogP contribution in [0.5, 0.6) is 0 Å². The van der Waals surface area contributed by atoms with Gasteiger partial charge in [-0.15, -0.1) is 0 Å². The zero-order valence-corrected chi connectivity index (χ0v) is 54.8. The van der Waals surface area contributed by atoms with Crippen LogP contribution in [0.15, 0.2) is 12.2 Å². The number of phosphoric acid groups is 1. The lowest BCUT2D eigenvalue weighted by Gasteiger charge is -2.27. The topological polar surface area (TPSA) is 111 Å². The molecule has 0 radical (unpaired) electrons. The number of nitrogens with one attached hydrogen (secondary N) is 1. The highest BCUT2D eigenvalue weighted by Crippen LogP contribution is 2.43. The van der Waals surface area contributed by atoms with E-state index in [2.05, 4.69) is 32.2 Å². The summed E-state index contributed by atoms with van der Waals surface area (Å²) in [7, 11) is 1.52. The number of nitrogens with zero attached hydrogens (tertiary/aromatic N) is 1. The molecule has 0 saturated heterocycles. The number of likely N-dealkylation sites (N-methyl/N-ethyl adjacent to an activating group) is 1. The summed E-state index contributed by atoms with van der Waals surface area (Å²) in [6, 6.07) is -0.840. The minimum Gasteiger partial charge on any atom is -0.456 e. The van der Waals surface area contributed by atoms with E-state index < -0.39 is 20.0 Å². The van der Waals surface area contributed by atoms with Crippen molar-refractivity contribution in [1.82, 2.24) is 5.32 Å². The lowest BCUT2D eigenvalue weighted by atomic mass is 10.0. The number of carbonyl (C=O) groups excluding carboxylic acids is 2. The van der Waals surface area contributed by atoms with Crippen LogP contribution in [-0.4, -0.2) is 74.3 Å². The van der Waals surface area contributed by atoms with Gasteiger partial charge in [-0.25, -0.2) is 4.57 Å². The molecule has 470 valence electrons. The molecule has 3 unspecified atom stereocenters. The number of esters is 1. The zero-order valence-electron chi connectivity index (χ0n) is 53.9. The normalized spacial score (nSPS) is 13.6. The summed E-state index contributed by atoms with van der Waals surface area (Å²) in [6.45, 7) is 7.08. The molecule has 2 N–H and O–H groups in total. The summed E-state index contributed by atoms with van der Waals surface area (Å²) in [5.41, 5.74) is 0. The fraction of sp³-hybridized carbons (Fsp3) is 0.942. The summed E-state index contributed by atoms with van der Waals surface area (Å²) >= 11 is 0. The van der Waals surface area contributed by atoms with Crippen LogP contribution in [0, 0.1) is 0 Å². The van der Waals surface area contributed by atoms with Gasteiger partial charge in [-0.2, -0.15) is 0 Å². The molecule has 0 aliphatic heterocycles. The van der Waals surface area contributed by atoms with Crippen molar-refractivity contribution in [3.05, 3.63) is 12.2 Å². The number of allylic oxidation sites excluding steroid dienone is 1. The summed E-state index contributed by atoms with van der Waals surface area (Å²) in [6.07, 6.45) is 70.9. The van der Waals surface area contributed by atoms with Gasteiger partial charge in [0.15, 0.2) is 0 Å². The molecule has 0 fully saturated rings. The Morgan fingerprint density at radius 2 is 0.722 bits per heavy atom. The Morgan fingerprint density at radius 3 is 1.04 bits per heavy atom. The molecule has 0 aromatic heterocycles. The second-order valence-electron chi connectivity index (χ2n) is 25.4. The summed E-state index contributed by atoms with van der Waals surface area (Å²) in [5, 5.41) is 3.07. The molecular formula is C69H138N2O7P+. The molecule has 1 amide bonds. The van der Waals surface area contributed by atoms with Crippen LogP contribution in [0.3, 0.4) is 0 Å². The Kier molecular flexibility index (Phi) is 58.9. The number of unbranched alkanes of at least 4 members (excludes halogenated alkanes) is 49.